The van der Waals surface area contributed by atoms with Gasteiger partial charge in [-0.3, -0.25) is 9.69 Å². The molecule has 1 heterocycles. The first-order chi connectivity index (χ1) is 9.08. The Bertz CT molecular complexity index is 450. The van der Waals surface area contributed by atoms with Crippen molar-refractivity contribution < 1.29 is 14.3 Å². The SMILES string of the molecule is C[C@@H]1C[C@H](c2ccccc2F)N(CCCC(=O)O)C1. The monoisotopic (exact) mass is 265 g/mol. The predicted octanol–water partition coefficient (Wildman–Crippen LogP) is 3.07. The number of rotatable bonds is 5. The van der Waals surface area contributed by atoms with Crippen LogP contribution in [-0.2, 0) is 4.79 Å². The van der Waals surface area contributed by atoms with Crippen LogP contribution in [0.15, 0.2) is 24.3 Å². The van der Waals surface area contributed by atoms with Crippen molar-refractivity contribution in [1.82, 2.24) is 4.90 Å². The fourth-order valence-corrected chi connectivity index (χ4v) is 2.88. The summed E-state index contributed by atoms with van der Waals surface area (Å²) >= 11 is 0. The van der Waals surface area contributed by atoms with Gasteiger partial charge in [0, 0.05) is 24.6 Å². The van der Waals surface area contributed by atoms with Gasteiger partial charge in [0.05, 0.1) is 0 Å². The van der Waals surface area contributed by atoms with Gasteiger partial charge in [-0.15, -0.1) is 0 Å². The number of benzene rings is 1. The molecule has 1 N–H and O–H groups in total. The molecule has 3 nitrogen and oxygen atoms in total. The molecule has 19 heavy (non-hydrogen) atoms. The third kappa shape index (κ3) is 3.53. The molecule has 0 aliphatic carbocycles. The van der Waals surface area contributed by atoms with E-state index in [1.54, 1.807) is 6.07 Å². The molecule has 0 amide bonds. The molecule has 0 aromatic heterocycles. The van der Waals surface area contributed by atoms with Crippen LogP contribution in [0.2, 0.25) is 0 Å². The maximum Gasteiger partial charge on any atom is 0.303 e. The molecule has 1 aromatic carbocycles. The van der Waals surface area contributed by atoms with Gasteiger partial charge in [-0.25, -0.2) is 4.39 Å². The van der Waals surface area contributed by atoms with Gasteiger partial charge in [-0.1, -0.05) is 25.1 Å². The lowest BCUT2D eigenvalue weighted by Gasteiger charge is -2.24. The number of carboxylic acids is 1. The van der Waals surface area contributed by atoms with Crippen LogP contribution in [0, 0.1) is 11.7 Å². The van der Waals surface area contributed by atoms with Crippen LogP contribution in [0.5, 0.6) is 0 Å². The van der Waals surface area contributed by atoms with Crippen molar-refractivity contribution in [1.29, 1.82) is 0 Å². The Morgan fingerprint density at radius 1 is 1.47 bits per heavy atom. The molecule has 2 atom stereocenters. The Kier molecular flexibility index (Phi) is 4.53. The van der Waals surface area contributed by atoms with Gasteiger partial charge >= 0.3 is 5.97 Å². The topological polar surface area (TPSA) is 40.5 Å². The Balaban J connectivity index is 2.05. The van der Waals surface area contributed by atoms with E-state index in [9.17, 15) is 9.18 Å². The standard InChI is InChI=1S/C15H20FNO2/c1-11-9-14(12-5-2-3-6-13(12)16)17(10-11)8-4-7-15(18)19/h2-3,5-6,11,14H,4,7-10H2,1H3,(H,18,19)/t11-,14-/m1/s1. The van der Waals surface area contributed by atoms with E-state index in [-0.39, 0.29) is 18.3 Å². The Morgan fingerprint density at radius 2 is 2.21 bits per heavy atom. The minimum Gasteiger partial charge on any atom is -0.481 e. The zero-order valence-corrected chi connectivity index (χ0v) is 11.2. The van der Waals surface area contributed by atoms with Crippen molar-refractivity contribution in [2.45, 2.75) is 32.2 Å². The summed E-state index contributed by atoms with van der Waals surface area (Å²) in [6, 6.07) is 6.98. The summed E-state index contributed by atoms with van der Waals surface area (Å²) in [4.78, 5) is 12.8. The van der Waals surface area contributed by atoms with Gasteiger partial charge in [-0.2, -0.15) is 0 Å². The van der Waals surface area contributed by atoms with E-state index >= 15 is 0 Å². The normalized spacial score (nSPS) is 23.7. The van der Waals surface area contributed by atoms with E-state index in [0.29, 0.717) is 12.3 Å². The fraction of sp³-hybridized carbons (Fsp3) is 0.533. The van der Waals surface area contributed by atoms with E-state index in [1.807, 2.05) is 12.1 Å². The second-order valence-electron chi connectivity index (χ2n) is 5.37. The van der Waals surface area contributed by atoms with Gasteiger partial charge in [0.2, 0.25) is 0 Å². The molecule has 2 rings (SSSR count). The summed E-state index contributed by atoms with van der Waals surface area (Å²) in [6.07, 6.45) is 1.73. The second kappa shape index (κ2) is 6.15. The summed E-state index contributed by atoms with van der Waals surface area (Å²) in [6.45, 7) is 3.79. The largest absolute Gasteiger partial charge is 0.481 e. The number of carbonyl (C=O) groups is 1. The Hall–Kier alpha value is -1.42. The van der Waals surface area contributed by atoms with Crippen molar-refractivity contribution in [2.24, 2.45) is 5.92 Å². The highest BCUT2D eigenvalue weighted by molar-refractivity contribution is 5.66. The lowest BCUT2D eigenvalue weighted by molar-refractivity contribution is -0.137. The average Bonchev–Trinajstić information content (AvgIpc) is 2.70. The first-order valence-corrected chi connectivity index (χ1v) is 6.78. The quantitative estimate of drug-likeness (QED) is 0.889. The van der Waals surface area contributed by atoms with Crippen LogP contribution in [0.3, 0.4) is 0 Å². The molecule has 0 unspecified atom stereocenters. The van der Waals surface area contributed by atoms with E-state index in [1.165, 1.54) is 6.07 Å². The molecule has 0 bridgehead atoms. The summed E-state index contributed by atoms with van der Waals surface area (Å²) in [7, 11) is 0. The van der Waals surface area contributed by atoms with E-state index < -0.39 is 5.97 Å². The maximum absolute atomic E-state index is 13.9. The zero-order chi connectivity index (χ0) is 13.8. The Labute approximate surface area is 113 Å². The smallest absolute Gasteiger partial charge is 0.303 e. The predicted molar refractivity (Wildman–Crippen MR) is 71.4 cm³/mol. The van der Waals surface area contributed by atoms with E-state index in [2.05, 4.69) is 11.8 Å². The van der Waals surface area contributed by atoms with Crippen LogP contribution in [0.4, 0.5) is 4.39 Å². The minimum absolute atomic E-state index is 0.0880. The number of halogens is 1. The molecule has 0 spiro atoms. The average molecular weight is 265 g/mol. The molecule has 1 saturated heterocycles. The Morgan fingerprint density at radius 3 is 2.89 bits per heavy atom. The second-order valence-corrected chi connectivity index (χ2v) is 5.37. The first-order valence-electron chi connectivity index (χ1n) is 6.78. The van der Waals surface area contributed by atoms with Gasteiger partial charge in [0.1, 0.15) is 5.82 Å². The number of nitrogens with zero attached hydrogens (tertiary/aromatic N) is 1. The molecule has 104 valence electrons. The number of hydrogen-bond donors (Lipinski definition) is 1. The summed E-state index contributed by atoms with van der Waals surface area (Å²) < 4.78 is 13.9. The van der Waals surface area contributed by atoms with Crippen molar-refractivity contribution in [3.8, 4) is 0 Å². The molecule has 1 aliphatic rings. The van der Waals surface area contributed by atoms with E-state index in [0.717, 1.165) is 25.1 Å². The summed E-state index contributed by atoms with van der Waals surface area (Å²) in [5.74, 6) is -0.408. The van der Waals surface area contributed by atoms with Gasteiger partial charge in [-0.05, 0) is 31.4 Å². The zero-order valence-electron chi connectivity index (χ0n) is 11.2. The minimum atomic E-state index is -0.769. The van der Waals surface area contributed by atoms with Crippen LogP contribution in [0.25, 0.3) is 0 Å². The van der Waals surface area contributed by atoms with Crippen molar-refractivity contribution in [2.75, 3.05) is 13.1 Å². The number of hydrogen-bond acceptors (Lipinski definition) is 2. The molecule has 0 radical (unpaired) electrons. The van der Waals surface area contributed by atoms with Crippen LogP contribution >= 0.6 is 0 Å². The van der Waals surface area contributed by atoms with Gasteiger partial charge in [0.25, 0.3) is 0 Å². The first kappa shape index (κ1) is 14.0. The fourth-order valence-electron chi connectivity index (χ4n) is 2.88. The maximum atomic E-state index is 13.9. The number of aliphatic carboxylic acids is 1. The molecule has 1 aromatic rings. The molecular formula is C15H20FNO2. The lowest BCUT2D eigenvalue weighted by atomic mass is 10.0. The molecule has 1 fully saturated rings. The van der Waals surface area contributed by atoms with E-state index in [4.69, 9.17) is 5.11 Å². The molecule has 4 heteroatoms. The summed E-state index contributed by atoms with van der Waals surface area (Å²) in [5, 5.41) is 8.69. The number of likely N-dealkylation sites (tertiary alicyclic amines) is 1. The van der Waals surface area contributed by atoms with Crippen molar-refractivity contribution >= 4 is 5.97 Å². The van der Waals surface area contributed by atoms with Gasteiger partial charge in [0.15, 0.2) is 0 Å². The highest BCUT2D eigenvalue weighted by Crippen LogP contribution is 2.36. The van der Waals surface area contributed by atoms with Crippen LogP contribution in [-0.4, -0.2) is 29.1 Å². The molecular weight excluding hydrogens is 245 g/mol. The molecule has 0 saturated carbocycles. The highest BCUT2D eigenvalue weighted by Gasteiger charge is 2.31. The number of carboxylic acid groups (broad SMARTS) is 1. The summed E-state index contributed by atoms with van der Waals surface area (Å²) in [5.41, 5.74) is 0.738. The van der Waals surface area contributed by atoms with Gasteiger partial charge < -0.3 is 5.11 Å². The third-order valence-corrected chi connectivity index (χ3v) is 3.71. The highest BCUT2D eigenvalue weighted by atomic mass is 19.1. The molecule has 1 aliphatic heterocycles. The van der Waals surface area contributed by atoms with Crippen molar-refractivity contribution in [3.05, 3.63) is 35.6 Å². The van der Waals surface area contributed by atoms with Crippen molar-refractivity contribution in [3.63, 3.8) is 0 Å². The van der Waals surface area contributed by atoms with Crippen LogP contribution < -0.4 is 0 Å². The lowest BCUT2D eigenvalue weighted by Crippen LogP contribution is -2.26. The third-order valence-electron chi connectivity index (χ3n) is 3.71. The van der Waals surface area contributed by atoms with Crippen LogP contribution in [0.1, 0.15) is 37.8 Å².